The Kier molecular flexibility index (Phi) is 6.26. The van der Waals surface area contributed by atoms with Crippen LogP contribution in [0.1, 0.15) is 52.4 Å². The summed E-state index contributed by atoms with van der Waals surface area (Å²) in [6.45, 7) is 4.77. The second-order valence-electron chi connectivity index (χ2n) is 8.83. The lowest BCUT2D eigenvalue weighted by Crippen LogP contribution is -2.51. The Morgan fingerprint density at radius 2 is 2.15 bits per heavy atom. The number of hydrogen-bond acceptors (Lipinski definition) is 4. The molecule has 2 heterocycles. The zero-order chi connectivity index (χ0) is 19.6. The second-order valence-corrected chi connectivity index (χ2v) is 8.83. The fraction of sp³-hybridized carbons (Fsp3) is 0.810. The van der Waals surface area contributed by atoms with Gasteiger partial charge in [0.1, 0.15) is 6.04 Å². The van der Waals surface area contributed by atoms with E-state index >= 15 is 0 Å². The quantitative estimate of drug-likeness (QED) is 0.719. The van der Waals surface area contributed by atoms with Crippen LogP contribution in [0.2, 0.25) is 0 Å². The molecule has 2 N–H and O–H groups in total. The molecule has 6 nitrogen and oxygen atoms in total. The van der Waals surface area contributed by atoms with Gasteiger partial charge in [0.05, 0.1) is 6.10 Å². The third-order valence-electron chi connectivity index (χ3n) is 6.62. The first-order chi connectivity index (χ1) is 12.9. The number of rotatable bonds is 2. The molecule has 2 aliphatic heterocycles. The molecule has 152 valence electrons. The Hall–Kier alpha value is -1.40. The normalized spacial score (nSPS) is 41.8. The van der Waals surface area contributed by atoms with Gasteiger partial charge in [-0.3, -0.25) is 9.59 Å². The van der Waals surface area contributed by atoms with Gasteiger partial charge in [0.15, 0.2) is 0 Å². The van der Waals surface area contributed by atoms with E-state index in [9.17, 15) is 14.7 Å². The number of nitrogens with zero attached hydrogens (tertiary/aromatic N) is 1. The third kappa shape index (κ3) is 4.54. The van der Waals surface area contributed by atoms with Crippen molar-refractivity contribution in [3.8, 4) is 0 Å². The van der Waals surface area contributed by atoms with Crippen molar-refractivity contribution in [1.82, 2.24) is 10.2 Å². The van der Waals surface area contributed by atoms with E-state index in [1.807, 2.05) is 6.92 Å². The molecule has 6 heteroatoms. The Balaban J connectivity index is 1.81. The van der Waals surface area contributed by atoms with Gasteiger partial charge in [-0.05, 0) is 38.5 Å². The van der Waals surface area contributed by atoms with Crippen LogP contribution < -0.4 is 5.32 Å². The molecular formula is C21H34N2O4. The molecule has 1 saturated carbocycles. The fourth-order valence-corrected chi connectivity index (χ4v) is 4.58. The van der Waals surface area contributed by atoms with Gasteiger partial charge in [-0.1, -0.05) is 25.5 Å². The summed E-state index contributed by atoms with van der Waals surface area (Å²) in [6.07, 6.45) is 9.18. The molecule has 0 radical (unpaired) electrons. The highest BCUT2D eigenvalue weighted by molar-refractivity contribution is 5.90. The minimum Gasteiger partial charge on any atom is -0.391 e. The predicted octanol–water partition coefficient (Wildman–Crippen LogP) is 1.87. The number of carbonyl (C=O) groups is 2. The van der Waals surface area contributed by atoms with E-state index in [2.05, 4.69) is 24.4 Å². The average molecular weight is 379 g/mol. The van der Waals surface area contributed by atoms with Crippen molar-refractivity contribution in [3.63, 3.8) is 0 Å². The van der Waals surface area contributed by atoms with Gasteiger partial charge in [-0.15, -0.1) is 0 Å². The zero-order valence-electron chi connectivity index (χ0n) is 16.8. The van der Waals surface area contributed by atoms with E-state index in [-0.39, 0.29) is 35.7 Å². The Bertz CT molecular complexity index is 593. The van der Waals surface area contributed by atoms with Crippen LogP contribution >= 0.6 is 0 Å². The first-order valence-corrected chi connectivity index (χ1v) is 10.3. The number of allylic oxidation sites excluding steroid dienone is 1. The average Bonchev–Trinajstić information content (AvgIpc) is 3.07. The SMILES string of the molecule is COC[C@@H]1CCCC/C=C\[C@@H]2C[C@@]2(C)NC(=O)[C@@H]2C[C@@H](O)CN2C(=O)[C@H]1C. The zero-order valence-corrected chi connectivity index (χ0v) is 16.8. The number of carbonyl (C=O) groups excluding carboxylic acids is 2. The minimum atomic E-state index is -0.639. The molecule has 27 heavy (non-hydrogen) atoms. The Morgan fingerprint density at radius 3 is 2.89 bits per heavy atom. The molecule has 0 spiro atoms. The molecule has 3 rings (SSSR count). The lowest BCUT2D eigenvalue weighted by atomic mass is 9.88. The van der Waals surface area contributed by atoms with Crippen LogP contribution in [-0.4, -0.2) is 59.8 Å². The maximum absolute atomic E-state index is 13.2. The summed E-state index contributed by atoms with van der Waals surface area (Å²) in [4.78, 5) is 27.7. The van der Waals surface area contributed by atoms with Gasteiger partial charge in [0.25, 0.3) is 0 Å². The standard InChI is InChI=1S/C21H34N2O4/c1-14-15(13-27-3)8-6-4-5-7-9-16-11-21(16,2)22-19(25)18-10-17(24)12-23(18)20(14)26/h7,9,14-18,24H,4-6,8,10-13H2,1-3H3,(H,22,25)/b9-7-/t14-,15-,16+,17+,18-,21+/m0/s1. The van der Waals surface area contributed by atoms with Crippen molar-refractivity contribution < 1.29 is 19.4 Å². The van der Waals surface area contributed by atoms with Gasteiger partial charge in [0.2, 0.25) is 11.8 Å². The summed E-state index contributed by atoms with van der Waals surface area (Å²) >= 11 is 0. The number of aliphatic hydroxyl groups excluding tert-OH is 1. The summed E-state index contributed by atoms with van der Waals surface area (Å²) in [5.41, 5.74) is -0.222. The predicted molar refractivity (Wildman–Crippen MR) is 103 cm³/mol. The molecule has 0 aromatic carbocycles. The van der Waals surface area contributed by atoms with Crippen LogP contribution in [0.4, 0.5) is 0 Å². The third-order valence-corrected chi connectivity index (χ3v) is 6.62. The lowest BCUT2D eigenvalue weighted by molar-refractivity contribution is -0.143. The largest absolute Gasteiger partial charge is 0.391 e. The van der Waals surface area contributed by atoms with Crippen molar-refractivity contribution in [2.45, 2.75) is 70.1 Å². The number of methoxy groups -OCH3 is 1. The molecule has 2 amide bonds. The molecule has 0 unspecified atom stereocenters. The molecule has 0 aromatic rings. The van der Waals surface area contributed by atoms with Gasteiger partial charge in [-0.2, -0.15) is 0 Å². The summed E-state index contributed by atoms with van der Waals surface area (Å²) < 4.78 is 5.36. The summed E-state index contributed by atoms with van der Waals surface area (Å²) in [5, 5.41) is 13.3. The van der Waals surface area contributed by atoms with E-state index in [1.54, 1.807) is 12.0 Å². The molecule has 6 atom stereocenters. The minimum absolute atomic E-state index is 0.0424. The number of ether oxygens (including phenoxy) is 1. The van der Waals surface area contributed by atoms with E-state index in [1.165, 1.54) is 0 Å². The summed E-state index contributed by atoms with van der Waals surface area (Å²) in [7, 11) is 1.66. The molecule has 2 fully saturated rings. The molecule has 1 aliphatic carbocycles. The molecule has 3 aliphatic rings. The van der Waals surface area contributed by atoms with E-state index < -0.39 is 12.1 Å². The highest BCUT2D eigenvalue weighted by Gasteiger charge is 2.51. The fourth-order valence-electron chi connectivity index (χ4n) is 4.58. The Labute approximate surface area is 162 Å². The monoisotopic (exact) mass is 378 g/mol. The van der Waals surface area contributed by atoms with Crippen molar-refractivity contribution in [2.75, 3.05) is 20.3 Å². The van der Waals surface area contributed by atoms with Gasteiger partial charge >= 0.3 is 0 Å². The van der Waals surface area contributed by atoms with E-state index in [4.69, 9.17) is 4.74 Å². The van der Waals surface area contributed by atoms with Gasteiger partial charge in [-0.25, -0.2) is 0 Å². The lowest BCUT2D eigenvalue weighted by Gasteiger charge is -2.31. The maximum atomic E-state index is 13.2. The number of fused-ring (bicyclic) bond motifs is 2. The van der Waals surface area contributed by atoms with Gasteiger partial charge in [0, 0.05) is 44.1 Å². The molecule has 0 aromatic heterocycles. The molecular weight excluding hydrogens is 344 g/mol. The van der Waals surface area contributed by atoms with Crippen molar-refractivity contribution >= 4 is 11.8 Å². The number of nitrogens with one attached hydrogen (secondary N) is 1. The van der Waals surface area contributed by atoms with Crippen LogP contribution in [0.5, 0.6) is 0 Å². The highest BCUT2D eigenvalue weighted by atomic mass is 16.5. The van der Waals surface area contributed by atoms with Crippen LogP contribution in [-0.2, 0) is 14.3 Å². The van der Waals surface area contributed by atoms with Crippen LogP contribution in [0.15, 0.2) is 12.2 Å². The van der Waals surface area contributed by atoms with E-state index in [0.29, 0.717) is 18.9 Å². The Morgan fingerprint density at radius 1 is 1.37 bits per heavy atom. The first kappa shape index (κ1) is 20.3. The van der Waals surface area contributed by atoms with Gasteiger partial charge < -0.3 is 20.1 Å². The number of hydrogen-bond donors (Lipinski definition) is 2. The van der Waals surface area contributed by atoms with Crippen molar-refractivity contribution in [3.05, 3.63) is 12.2 Å². The second kappa shape index (κ2) is 8.31. The summed E-state index contributed by atoms with van der Waals surface area (Å²) in [6, 6.07) is -0.578. The van der Waals surface area contributed by atoms with E-state index in [0.717, 1.165) is 32.1 Å². The number of amides is 2. The van der Waals surface area contributed by atoms with Crippen molar-refractivity contribution in [1.29, 1.82) is 0 Å². The maximum Gasteiger partial charge on any atom is 0.243 e. The number of aliphatic hydroxyl groups is 1. The molecule has 1 saturated heterocycles. The summed E-state index contributed by atoms with van der Waals surface area (Å²) in [5.74, 6) is 0.0876. The smallest absolute Gasteiger partial charge is 0.243 e. The first-order valence-electron chi connectivity index (χ1n) is 10.3. The van der Waals surface area contributed by atoms with Crippen LogP contribution in [0, 0.1) is 17.8 Å². The highest BCUT2D eigenvalue weighted by Crippen LogP contribution is 2.44. The van der Waals surface area contributed by atoms with Crippen LogP contribution in [0.25, 0.3) is 0 Å². The topological polar surface area (TPSA) is 78.9 Å². The molecule has 0 bridgehead atoms. The van der Waals surface area contributed by atoms with Crippen molar-refractivity contribution in [2.24, 2.45) is 17.8 Å². The van der Waals surface area contributed by atoms with Crippen LogP contribution in [0.3, 0.4) is 0 Å².